The van der Waals surface area contributed by atoms with Crippen LogP contribution in [-0.2, 0) is 57.3 Å². The van der Waals surface area contributed by atoms with Crippen LogP contribution in [0.5, 0.6) is 0 Å². The molecule has 9 N–H and O–H groups in total. The molecule has 0 rings (SSSR count). The highest BCUT2D eigenvalue weighted by Gasteiger charge is 2.20. The van der Waals surface area contributed by atoms with E-state index in [9.17, 15) is 38.4 Å². The van der Waals surface area contributed by atoms with Crippen molar-refractivity contribution in [3.05, 3.63) is 0 Å². The number of alkyl halides is 2. The zero-order valence-corrected chi connectivity index (χ0v) is 44.2. The fourth-order valence-corrected chi connectivity index (χ4v) is 7.16. The largest absolute Gasteiger partial charge is 0.481 e. The zero-order valence-electron chi connectivity index (χ0n) is 41.0. The molecule has 0 aromatic rings. The highest BCUT2D eigenvalue weighted by Crippen LogP contribution is 2.14. The molecule has 0 radical (unpaired) electrons. The van der Waals surface area contributed by atoms with Gasteiger partial charge in [0.25, 0.3) is 0 Å². The molecule has 0 aromatic heterocycles. The Kier molecular flexibility index (Phi) is 45.8. The molecule has 7 amide bonds. The van der Waals surface area contributed by atoms with Gasteiger partial charge in [-0.15, -0.1) is 0 Å². The van der Waals surface area contributed by atoms with Gasteiger partial charge in [0.15, 0.2) is 0 Å². The first-order chi connectivity index (χ1) is 33.4. The van der Waals surface area contributed by atoms with Crippen molar-refractivity contribution in [3.8, 4) is 0 Å². The van der Waals surface area contributed by atoms with Crippen molar-refractivity contribution in [1.29, 1.82) is 0 Å². The third-order valence-corrected chi connectivity index (χ3v) is 11.7. The summed E-state index contributed by atoms with van der Waals surface area (Å²) in [6, 6.07) is -1.47. The lowest BCUT2D eigenvalue weighted by Crippen LogP contribution is -2.48. The van der Waals surface area contributed by atoms with E-state index in [1.807, 2.05) is 0 Å². The van der Waals surface area contributed by atoms with Gasteiger partial charge in [-0.1, -0.05) is 109 Å². The van der Waals surface area contributed by atoms with E-state index in [1.165, 1.54) is 44.9 Å². The minimum Gasteiger partial charge on any atom is -0.481 e. The van der Waals surface area contributed by atoms with Crippen molar-refractivity contribution in [2.45, 2.75) is 160 Å². The summed E-state index contributed by atoms with van der Waals surface area (Å²) in [5.41, 5.74) is 5.53. The molecule has 20 nitrogen and oxygen atoms in total. The first kappa shape index (κ1) is 65.6. The number of ether oxygens (including phenoxy) is 4. The van der Waals surface area contributed by atoms with E-state index in [0.29, 0.717) is 78.0 Å². The molecule has 0 fully saturated rings. The molecule has 0 heterocycles. The number of rotatable bonds is 50. The molecule has 0 aliphatic rings. The number of hydrogen-bond acceptors (Lipinski definition) is 12. The smallest absolute Gasteiger partial charge is 0.303 e. The van der Waals surface area contributed by atoms with Crippen LogP contribution in [0.2, 0.25) is 0 Å². The molecule has 0 aromatic carbocycles. The van der Waals surface area contributed by atoms with Gasteiger partial charge in [0.2, 0.25) is 41.4 Å². The highest BCUT2D eigenvalue weighted by molar-refractivity contribution is 9.09. The van der Waals surface area contributed by atoms with Crippen LogP contribution < -0.4 is 37.6 Å². The van der Waals surface area contributed by atoms with Crippen LogP contribution in [0.25, 0.3) is 0 Å². The van der Waals surface area contributed by atoms with E-state index >= 15 is 0 Å². The summed E-state index contributed by atoms with van der Waals surface area (Å²) < 4.78 is 21.8. The van der Waals surface area contributed by atoms with Crippen molar-refractivity contribution in [1.82, 2.24) is 31.9 Å². The quantitative estimate of drug-likeness (QED) is 0.0318. The van der Waals surface area contributed by atoms with E-state index in [-0.39, 0.29) is 105 Å². The van der Waals surface area contributed by atoms with Gasteiger partial charge in [-0.3, -0.25) is 38.4 Å². The lowest BCUT2D eigenvalue weighted by molar-refractivity contribution is -0.137. The summed E-state index contributed by atoms with van der Waals surface area (Å²) in [4.78, 5) is 94.8. The van der Waals surface area contributed by atoms with Gasteiger partial charge in [-0.05, 0) is 44.9 Å². The molecule has 0 aliphatic carbocycles. The maximum absolute atomic E-state index is 12.6. The maximum atomic E-state index is 12.6. The topological polar surface area (TPSA) is 292 Å². The van der Waals surface area contributed by atoms with Crippen molar-refractivity contribution in [3.63, 3.8) is 0 Å². The fraction of sp³-hybridized carbons (Fsp3) is 0.830. The number of nitrogens with two attached hydrogens (primary N) is 1. The van der Waals surface area contributed by atoms with Crippen molar-refractivity contribution >= 4 is 79.2 Å². The van der Waals surface area contributed by atoms with E-state index < -0.39 is 24.0 Å². The monoisotopic (exact) mass is 1110 g/mol. The van der Waals surface area contributed by atoms with E-state index in [1.54, 1.807) is 0 Å². The molecule has 0 saturated carbocycles. The van der Waals surface area contributed by atoms with Crippen LogP contribution in [-0.4, -0.2) is 154 Å². The number of carboxylic acids is 1. The molecular formula is C47H85Br2N7O13. The van der Waals surface area contributed by atoms with Gasteiger partial charge >= 0.3 is 5.97 Å². The average molecular weight is 1120 g/mol. The molecule has 0 spiro atoms. The standard InChI is InChI=1S/C47H85Br2N7O13/c48-36-43(60)52-25-17-19-39(56-44(61)37-49)47(65)54-27-31-69-35-33-67-29-23-41(58)53-26-30-68-34-32-66-28-22-40(57)51-24-16-15-18-38(46(50)64)55-42(59)20-13-11-9-7-5-3-1-2-4-6-8-10-12-14-21-45(62)63/h38-39H,1-37H2,(H2,50,64)(H,51,57)(H,52,60)(H,53,58)(H,54,65)(H,55,59)(H,56,61)(H,62,63). The van der Waals surface area contributed by atoms with Gasteiger partial charge in [-0.2, -0.15) is 0 Å². The second kappa shape index (κ2) is 48.2. The van der Waals surface area contributed by atoms with Gasteiger partial charge in [0, 0.05) is 51.9 Å². The van der Waals surface area contributed by atoms with Crippen LogP contribution >= 0.6 is 31.9 Å². The van der Waals surface area contributed by atoms with E-state index in [4.69, 9.17) is 29.8 Å². The Hall–Kier alpha value is -3.44. The number of amides is 7. The molecule has 22 heteroatoms. The summed E-state index contributed by atoms with van der Waals surface area (Å²) in [5, 5.41) is 25.3. The second-order valence-electron chi connectivity index (χ2n) is 16.7. The van der Waals surface area contributed by atoms with E-state index in [2.05, 4.69) is 63.8 Å². The Morgan fingerprint density at radius 2 is 0.797 bits per heavy atom. The van der Waals surface area contributed by atoms with Crippen LogP contribution in [0.15, 0.2) is 0 Å². The van der Waals surface area contributed by atoms with E-state index in [0.717, 1.165) is 44.9 Å². The van der Waals surface area contributed by atoms with Crippen LogP contribution in [0.1, 0.15) is 148 Å². The Balaban J connectivity index is 3.71. The zero-order chi connectivity index (χ0) is 51.0. The summed E-state index contributed by atoms with van der Waals surface area (Å²) in [7, 11) is 0. The predicted molar refractivity (Wildman–Crippen MR) is 270 cm³/mol. The Morgan fingerprint density at radius 3 is 1.29 bits per heavy atom. The molecule has 69 heavy (non-hydrogen) atoms. The lowest BCUT2D eigenvalue weighted by Gasteiger charge is -2.18. The third kappa shape index (κ3) is 45.5. The Morgan fingerprint density at radius 1 is 0.391 bits per heavy atom. The first-order valence-electron chi connectivity index (χ1n) is 25.0. The van der Waals surface area contributed by atoms with Crippen molar-refractivity contribution < 1.29 is 62.4 Å². The second-order valence-corrected chi connectivity index (χ2v) is 17.8. The Labute approximate surface area is 426 Å². The number of nitrogens with one attached hydrogen (secondary N) is 6. The molecule has 0 aliphatic heterocycles. The molecule has 0 bridgehead atoms. The van der Waals surface area contributed by atoms with Gasteiger partial charge in [-0.25, -0.2) is 0 Å². The summed E-state index contributed by atoms with van der Waals surface area (Å²) >= 11 is 6.14. The molecule has 2 unspecified atom stereocenters. The maximum Gasteiger partial charge on any atom is 0.303 e. The van der Waals surface area contributed by atoms with Gasteiger partial charge < -0.3 is 61.7 Å². The molecule has 0 saturated heterocycles. The summed E-state index contributed by atoms with van der Waals surface area (Å²) in [5.74, 6) is -2.61. The average Bonchev–Trinajstić information content (AvgIpc) is 3.32. The highest BCUT2D eigenvalue weighted by atomic mass is 79.9. The number of aliphatic carboxylic acids is 1. The number of carbonyl (C=O) groups is 8. The molecule has 400 valence electrons. The SMILES string of the molecule is NC(=O)C(CCCCNC(=O)CCOCCOCCNC(=O)CCOCCOCCNC(=O)C(CCCNC(=O)CBr)NC(=O)CBr)NC(=O)CCCCCCCCCCCCCCCCC(=O)O. The van der Waals surface area contributed by atoms with Crippen LogP contribution in [0.4, 0.5) is 0 Å². The fourth-order valence-electron chi connectivity index (χ4n) is 6.80. The normalized spacial score (nSPS) is 11.9. The first-order valence-corrected chi connectivity index (χ1v) is 27.2. The van der Waals surface area contributed by atoms with Crippen molar-refractivity contribution in [2.75, 3.05) is 89.7 Å². The molecular weight excluding hydrogens is 1030 g/mol. The van der Waals surface area contributed by atoms with Gasteiger partial charge in [0.1, 0.15) is 12.1 Å². The van der Waals surface area contributed by atoms with Crippen LogP contribution in [0.3, 0.4) is 0 Å². The minimum absolute atomic E-state index is 0.0624. The summed E-state index contributed by atoms with van der Waals surface area (Å²) in [6.45, 7) is 3.48. The predicted octanol–water partition coefficient (Wildman–Crippen LogP) is 3.82. The number of unbranched alkanes of at least 4 members (excludes halogenated alkanes) is 14. The number of carboxylic acid groups (broad SMARTS) is 1. The van der Waals surface area contributed by atoms with Crippen LogP contribution in [0, 0.1) is 0 Å². The Bertz CT molecular complexity index is 1400. The number of carbonyl (C=O) groups excluding carboxylic acids is 7. The number of halogens is 2. The lowest BCUT2D eigenvalue weighted by atomic mass is 10.0. The number of primary amides is 1. The van der Waals surface area contributed by atoms with Crippen molar-refractivity contribution in [2.24, 2.45) is 5.73 Å². The number of hydrogen-bond donors (Lipinski definition) is 8. The minimum atomic E-state index is -0.739. The summed E-state index contributed by atoms with van der Waals surface area (Å²) in [6.07, 6.45) is 19.0. The van der Waals surface area contributed by atoms with Gasteiger partial charge in [0.05, 0.1) is 63.5 Å². The third-order valence-electron chi connectivity index (χ3n) is 10.7. The molecule has 2 atom stereocenters.